The van der Waals surface area contributed by atoms with Crippen molar-refractivity contribution in [2.75, 3.05) is 26.3 Å². The number of nitrogens with zero attached hydrogens (tertiary/aromatic N) is 1. The Bertz CT molecular complexity index is 1090. The van der Waals surface area contributed by atoms with Crippen LogP contribution in [-0.2, 0) is 21.2 Å². The Hall–Kier alpha value is -2.00. The van der Waals surface area contributed by atoms with Gasteiger partial charge in [-0.15, -0.1) is 11.3 Å². The molecule has 1 aliphatic heterocycles. The highest BCUT2D eigenvalue weighted by molar-refractivity contribution is 7.89. The van der Waals surface area contributed by atoms with Crippen molar-refractivity contribution in [1.82, 2.24) is 9.29 Å². The maximum atomic E-state index is 12.9. The number of carbonyl (C=O) groups is 1. The van der Waals surface area contributed by atoms with Crippen LogP contribution in [0.25, 0.3) is 21.5 Å². The van der Waals surface area contributed by atoms with E-state index in [4.69, 9.17) is 4.74 Å². The molecule has 8 heteroatoms. The van der Waals surface area contributed by atoms with E-state index in [9.17, 15) is 13.2 Å². The molecule has 0 saturated carbocycles. The number of ether oxygens (including phenoxy) is 1. The van der Waals surface area contributed by atoms with Gasteiger partial charge in [0.1, 0.15) is 0 Å². The molecule has 3 heterocycles. The van der Waals surface area contributed by atoms with Crippen LogP contribution in [0.15, 0.2) is 35.2 Å². The van der Waals surface area contributed by atoms with Gasteiger partial charge in [-0.2, -0.15) is 4.31 Å². The molecule has 27 heavy (non-hydrogen) atoms. The Morgan fingerprint density at radius 1 is 1.22 bits per heavy atom. The van der Waals surface area contributed by atoms with Gasteiger partial charge in [0.2, 0.25) is 10.0 Å². The third-order valence-corrected chi connectivity index (χ3v) is 7.93. The monoisotopic (exact) mass is 404 g/mol. The van der Waals surface area contributed by atoms with Gasteiger partial charge >= 0.3 is 0 Å². The maximum Gasteiger partial charge on any atom is 0.243 e. The number of sulfonamides is 1. The molecule has 0 aliphatic carbocycles. The van der Waals surface area contributed by atoms with Crippen molar-refractivity contribution in [2.45, 2.75) is 18.2 Å². The molecule has 1 aliphatic rings. The van der Waals surface area contributed by atoms with Crippen molar-refractivity contribution in [2.24, 2.45) is 0 Å². The van der Waals surface area contributed by atoms with Crippen LogP contribution in [0.2, 0.25) is 0 Å². The number of aromatic nitrogens is 1. The van der Waals surface area contributed by atoms with Gasteiger partial charge in [0, 0.05) is 34.4 Å². The molecule has 4 rings (SSSR count). The molecule has 0 amide bonds. The number of benzene rings is 1. The van der Waals surface area contributed by atoms with Gasteiger partial charge in [-0.1, -0.05) is 6.92 Å². The summed E-state index contributed by atoms with van der Waals surface area (Å²) in [6.07, 6.45) is 1.73. The second-order valence-corrected chi connectivity index (χ2v) is 9.48. The third kappa shape index (κ3) is 3.23. The average Bonchev–Trinajstić information content (AvgIpc) is 3.32. The number of hydrogen-bond donors (Lipinski definition) is 1. The lowest BCUT2D eigenvalue weighted by molar-refractivity contribution is 0.0730. The Balaban J connectivity index is 1.81. The van der Waals surface area contributed by atoms with Gasteiger partial charge in [-0.05, 0) is 36.8 Å². The number of nitrogens with one attached hydrogen (secondary N) is 1. The minimum atomic E-state index is -3.61. The van der Waals surface area contributed by atoms with E-state index in [-0.39, 0.29) is 4.90 Å². The summed E-state index contributed by atoms with van der Waals surface area (Å²) < 4.78 is 32.5. The fourth-order valence-electron chi connectivity index (χ4n) is 3.31. The van der Waals surface area contributed by atoms with Crippen LogP contribution >= 0.6 is 11.3 Å². The smallest absolute Gasteiger partial charge is 0.243 e. The lowest BCUT2D eigenvalue weighted by Crippen LogP contribution is -2.40. The topological polar surface area (TPSA) is 79.5 Å². The molecule has 1 fully saturated rings. The maximum absolute atomic E-state index is 12.9. The van der Waals surface area contributed by atoms with Crippen LogP contribution in [0, 0.1) is 0 Å². The highest BCUT2D eigenvalue weighted by Gasteiger charge is 2.27. The normalized spacial score (nSPS) is 16.0. The number of aryl methyl sites for hydroxylation is 1. The SMILES string of the molecule is CCc1ccc(-c2[nH]c3ccc(S(=O)(=O)N4CCOCC4)cc3c2C=O)s1. The van der Waals surface area contributed by atoms with Crippen molar-refractivity contribution in [3.63, 3.8) is 0 Å². The summed E-state index contributed by atoms with van der Waals surface area (Å²) in [5, 5.41) is 0.626. The molecule has 0 spiro atoms. The first-order valence-corrected chi connectivity index (χ1v) is 11.1. The van der Waals surface area contributed by atoms with E-state index < -0.39 is 10.0 Å². The lowest BCUT2D eigenvalue weighted by Gasteiger charge is -2.26. The van der Waals surface area contributed by atoms with E-state index in [1.807, 2.05) is 6.07 Å². The summed E-state index contributed by atoms with van der Waals surface area (Å²) >= 11 is 1.63. The van der Waals surface area contributed by atoms with E-state index in [0.717, 1.165) is 28.8 Å². The molecule has 2 aromatic heterocycles. The summed E-state index contributed by atoms with van der Waals surface area (Å²) in [7, 11) is -3.61. The van der Waals surface area contributed by atoms with E-state index in [0.29, 0.717) is 37.3 Å². The molecule has 1 aromatic carbocycles. The third-order valence-electron chi connectivity index (χ3n) is 4.79. The number of hydrogen-bond acceptors (Lipinski definition) is 5. The highest BCUT2D eigenvalue weighted by Crippen LogP contribution is 2.35. The van der Waals surface area contributed by atoms with Crippen molar-refractivity contribution < 1.29 is 17.9 Å². The largest absolute Gasteiger partial charge is 0.379 e. The number of aromatic amines is 1. The molecule has 142 valence electrons. The molecular weight excluding hydrogens is 384 g/mol. The van der Waals surface area contributed by atoms with Gasteiger partial charge in [0.25, 0.3) is 0 Å². The fourth-order valence-corrected chi connectivity index (χ4v) is 5.70. The number of thiophene rings is 1. The van der Waals surface area contributed by atoms with Crippen LogP contribution in [0.4, 0.5) is 0 Å². The first kappa shape index (κ1) is 18.4. The standard InChI is InChI=1S/C19H20N2O4S2/c1-2-13-3-6-18(26-13)19-16(12-22)15-11-14(4-5-17(15)20-19)27(23,24)21-7-9-25-10-8-21/h3-6,11-12,20H,2,7-10H2,1H3. The summed E-state index contributed by atoms with van der Waals surface area (Å²) in [4.78, 5) is 17.5. The van der Waals surface area contributed by atoms with Gasteiger partial charge in [-0.25, -0.2) is 8.42 Å². The van der Waals surface area contributed by atoms with Crippen molar-refractivity contribution in [3.05, 3.63) is 40.8 Å². The predicted molar refractivity (Wildman–Crippen MR) is 106 cm³/mol. The zero-order valence-electron chi connectivity index (χ0n) is 14.9. The van der Waals surface area contributed by atoms with E-state index in [1.165, 1.54) is 9.18 Å². The Morgan fingerprint density at radius 2 is 2.00 bits per heavy atom. The number of carbonyl (C=O) groups excluding carboxylic acids is 1. The molecule has 1 saturated heterocycles. The van der Waals surface area contributed by atoms with Crippen LogP contribution < -0.4 is 0 Å². The van der Waals surface area contributed by atoms with Gasteiger partial charge in [0.05, 0.1) is 28.7 Å². The number of rotatable bonds is 5. The number of fused-ring (bicyclic) bond motifs is 1. The summed E-state index contributed by atoms with van der Waals surface area (Å²) in [5.41, 5.74) is 1.98. The first-order chi connectivity index (χ1) is 13.0. The average molecular weight is 405 g/mol. The van der Waals surface area contributed by atoms with Crippen LogP contribution in [0.1, 0.15) is 22.2 Å². The fraction of sp³-hybridized carbons (Fsp3) is 0.316. The molecule has 1 N–H and O–H groups in total. The predicted octanol–water partition coefficient (Wildman–Crippen LogP) is 3.29. The second kappa shape index (κ2) is 7.20. The molecule has 0 radical (unpaired) electrons. The van der Waals surface area contributed by atoms with Gasteiger partial charge < -0.3 is 9.72 Å². The van der Waals surface area contributed by atoms with Crippen LogP contribution in [0.5, 0.6) is 0 Å². The zero-order valence-corrected chi connectivity index (χ0v) is 16.5. The Kier molecular flexibility index (Phi) is 4.90. The molecule has 0 bridgehead atoms. The number of H-pyrrole nitrogens is 1. The molecule has 0 atom stereocenters. The number of aldehydes is 1. The van der Waals surface area contributed by atoms with Gasteiger partial charge in [0.15, 0.2) is 6.29 Å². The van der Waals surface area contributed by atoms with Crippen molar-refractivity contribution in [3.8, 4) is 10.6 Å². The summed E-state index contributed by atoms with van der Waals surface area (Å²) in [6.45, 7) is 3.56. The highest BCUT2D eigenvalue weighted by atomic mass is 32.2. The Labute approximate surface area is 161 Å². The first-order valence-electron chi connectivity index (χ1n) is 8.82. The molecule has 6 nitrogen and oxygen atoms in total. The minimum absolute atomic E-state index is 0.200. The lowest BCUT2D eigenvalue weighted by atomic mass is 10.1. The molecule has 3 aromatic rings. The minimum Gasteiger partial charge on any atom is -0.379 e. The molecular formula is C19H20N2O4S2. The van der Waals surface area contributed by atoms with Crippen molar-refractivity contribution >= 4 is 38.5 Å². The summed E-state index contributed by atoms with van der Waals surface area (Å²) in [6, 6.07) is 8.96. The number of morpholine rings is 1. The van der Waals surface area contributed by atoms with E-state index >= 15 is 0 Å². The van der Waals surface area contributed by atoms with Crippen LogP contribution in [-0.4, -0.2) is 50.3 Å². The van der Waals surface area contributed by atoms with Gasteiger partial charge in [-0.3, -0.25) is 4.79 Å². The second-order valence-electron chi connectivity index (χ2n) is 6.37. The van der Waals surface area contributed by atoms with Crippen LogP contribution in [0.3, 0.4) is 0 Å². The zero-order chi connectivity index (χ0) is 19.0. The quantitative estimate of drug-likeness (QED) is 0.662. The molecule has 0 unspecified atom stereocenters. The van der Waals surface area contributed by atoms with E-state index in [1.54, 1.807) is 29.5 Å². The summed E-state index contributed by atoms with van der Waals surface area (Å²) in [5.74, 6) is 0. The Morgan fingerprint density at radius 3 is 2.67 bits per heavy atom. The van der Waals surface area contributed by atoms with Crippen molar-refractivity contribution in [1.29, 1.82) is 0 Å². The van der Waals surface area contributed by atoms with E-state index in [2.05, 4.69) is 18.0 Å².